The minimum Gasteiger partial charge on any atom is -0.389 e. The van der Waals surface area contributed by atoms with E-state index in [1.54, 1.807) is 0 Å². The third-order valence-electron chi connectivity index (χ3n) is 4.40. The normalized spacial score (nSPS) is 23.4. The number of piperazine rings is 1. The summed E-state index contributed by atoms with van der Waals surface area (Å²) in [7, 11) is 0. The van der Waals surface area contributed by atoms with Crippen LogP contribution in [0, 0.1) is 0 Å². The van der Waals surface area contributed by atoms with Gasteiger partial charge in [-0.15, -0.1) is 0 Å². The Hall–Kier alpha value is -0.840. The molecule has 0 saturated carbocycles. The maximum atomic E-state index is 6.07. The predicted molar refractivity (Wildman–Crippen MR) is 88.8 cm³/mol. The van der Waals surface area contributed by atoms with Gasteiger partial charge in [0, 0.05) is 41.9 Å². The van der Waals surface area contributed by atoms with E-state index in [0.29, 0.717) is 16.1 Å². The second-order valence-corrected chi connectivity index (χ2v) is 6.53. The number of nitrogens with zero attached hydrogens (tertiary/aromatic N) is 2. The van der Waals surface area contributed by atoms with Gasteiger partial charge in [-0.1, -0.05) is 30.2 Å². The Balaban J connectivity index is 1.84. The van der Waals surface area contributed by atoms with E-state index >= 15 is 0 Å². The van der Waals surface area contributed by atoms with Gasteiger partial charge in [-0.2, -0.15) is 0 Å². The number of thiocarbonyl (C=S) groups is 1. The summed E-state index contributed by atoms with van der Waals surface area (Å²) in [6.07, 6.45) is 3.99. The van der Waals surface area contributed by atoms with Gasteiger partial charge in [0.2, 0.25) is 0 Å². The summed E-state index contributed by atoms with van der Waals surface area (Å²) in [5.74, 6) is 0. The Kier molecular flexibility index (Phi) is 4.15. The average molecular weight is 310 g/mol. The van der Waals surface area contributed by atoms with Crippen molar-refractivity contribution in [2.45, 2.75) is 25.3 Å². The molecule has 2 aliphatic rings. The highest BCUT2D eigenvalue weighted by Crippen LogP contribution is 2.29. The van der Waals surface area contributed by atoms with Gasteiger partial charge in [-0.25, -0.2) is 0 Å². The molecule has 2 saturated heterocycles. The molecule has 0 radical (unpaired) electrons. The monoisotopic (exact) mass is 309 g/mol. The molecule has 108 valence electrons. The fourth-order valence-electron chi connectivity index (χ4n) is 3.36. The fraction of sp³-hybridized carbons (Fsp3) is 0.533. The number of fused-ring (bicyclic) bond motifs is 1. The maximum absolute atomic E-state index is 6.07. The highest BCUT2D eigenvalue weighted by Gasteiger charge is 2.29. The minimum atomic E-state index is 0.425. The van der Waals surface area contributed by atoms with Crippen molar-refractivity contribution in [3.8, 4) is 0 Å². The molecule has 2 fully saturated rings. The molecule has 2 aliphatic heterocycles. The first kappa shape index (κ1) is 14.1. The Morgan fingerprint density at radius 1 is 1.25 bits per heavy atom. The fourth-order valence-corrected chi connectivity index (χ4v) is 3.69. The van der Waals surface area contributed by atoms with Crippen LogP contribution in [0.5, 0.6) is 0 Å². The second kappa shape index (κ2) is 5.88. The van der Waals surface area contributed by atoms with Gasteiger partial charge in [0.05, 0.1) is 0 Å². The van der Waals surface area contributed by atoms with Crippen LogP contribution in [0.3, 0.4) is 0 Å². The smallest absolute Gasteiger partial charge is 0.106 e. The standard InChI is InChI=1S/C15H20ClN3S/c16-11-4-5-14(13(9-11)15(17)20)19-8-7-18-6-2-1-3-12(18)10-19/h4-5,9,12H,1-3,6-8,10H2,(H2,17,20). The van der Waals surface area contributed by atoms with Crippen LogP contribution in [0.4, 0.5) is 5.69 Å². The Morgan fingerprint density at radius 3 is 2.90 bits per heavy atom. The van der Waals surface area contributed by atoms with Gasteiger partial charge in [0.25, 0.3) is 0 Å². The Labute approximate surface area is 130 Å². The van der Waals surface area contributed by atoms with E-state index in [4.69, 9.17) is 29.6 Å². The highest BCUT2D eigenvalue weighted by atomic mass is 35.5. The van der Waals surface area contributed by atoms with Gasteiger partial charge >= 0.3 is 0 Å². The van der Waals surface area contributed by atoms with Crippen molar-refractivity contribution in [1.82, 2.24) is 4.90 Å². The van der Waals surface area contributed by atoms with Crippen LogP contribution in [0.25, 0.3) is 0 Å². The molecule has 0 amide bonds. The minimum absolute atomic E-state index is 0.425. The van der Waals surface area contributed by atoms with Crippen molar-refractivity contribution >= 4 is 34.5 Å². The SMILES string of the molecule is NC(=S)c1cc(Cl)ccc1N1CCN2CCCCC2C1. The molecular formula is C15H20ClN3S. The molecule has 1 atom stereocenters. The molecule has 3 rings (SSSR count). The Morgan fingerprint density at radius 2 is 2.10 bits per heavy atom. The number of hydrogen-bond donors (Lipinski definition) is 1. The van der Waals surface area contributed by atoms with Crippen LogP contribution in [0.15, 0.2) is 18.2 Å². The van der Waals surface area contributed by atoms with Crippen molar-refractivity contribution in [3.63, 3.8) is 0 Å². The number of benzene rings is 1. The van der Waals surface area contributed by atoms with E-state index in [9.17, 15) is 0 Å². The number of halogens is 1. The molecule has 0 aliphatic carbocycles. The molecule has 0 aromatic heterocycles. The topological polar surface area (TPSA) is 32.5 Å². The van der Waals surface area contributed by atoms with Gasteiger partial charge in [0.15, 0.2) is 0 Å². The summed E-state index contributed by atoms with van der Waals surface area (Å²) in [4.78, 5) is 5.46. The van der Waals surface area contributed by atoms with Crippen LogP contribution in [-0.2, 0) is 0 Å². The first-order valence-electron chi connectivity index (χ1n) is 7.23. The number of rotatable bonds is 2. The molecule has 1 aromatic rings. The number of hydrogen-bond acceptors (Lipinski definition) is 3. The number of anilines is 1. The molecule has 0 bridgehead atoms. The highest BCUT2D eigenvalue weighted by molar-refractivity contribution is 7.80. The molecule has 1 unspecified atom stereocenters. The molecule has 2 N–H and O–H groups in total. The van der Waals surface area contributed by atoms with Crippen molar-refractivity contribution in [2.24, 2.45) is 5.73 Å². The average Bonchev–Trinajstić information content (AvgIpc) is 2.46. The summed E-state index contributed by atoms with van der Waals surface area (Å²) in [6.45, 7) is 4.48. The summed E-state index contributed by atoms with van der Waals surface area (Å²) in [5.41, 5.74) is 7.89. The molecule has 5 heteroatoms. The molecule has 0 spiro atoms. The lowest BCUT2D eigenvalue weighted by Gasteiger charge is -2.45. The van der Waals surface area contributed by atoms with Crippen LogP contribution >= 0.6 is 23.8 Å². The molecule has 3 nitrogen and oxygen atoms in total. The number of piperidine rings is 1. The lowest BCUT2D eigenvalue weighted by atomic mass is 9.98. The van der Waals surface area contributed by atoms with Crippen LogP contribution in [0.2, 0.25) is 5.02 Å². The largest absolute Gasteiger partial charge is 0.389 e. The van der Waals surface area contributed by atoms with Crippen molar-refractivity contribution in [2.75, 3.05) is 31.1 Å². The van der Waals surface area contributed by atoms with E-state index < -0.39 is 0 Å². The van der Waals surface area contributed by atoms with Gasteiger partial charge in [-0.05, 0) is 37.6 Å². The summed E-state index contributed by atoms with van der Waals surface area (Å²) >= 11 is 11.2. The molecule has 2 heterocycles. The molecule has 20 heavy (non-hydrogen) atoms. The zero-order valence-corrected chi connectivity index (χ0v) is 13.1. The van der Waals surface area contributed by atoms with Gasteiger partial charge < -0.3 is 10.6 Å². The lowest BCUT2D eigenvalue weighted by molar-refractivity contribution is 0.133. The zero-order valence-electron chi connectivity index (χ0n) is 11.5. The van der Waals surface area contributed by atoms with E-state index in [0.717, 1.165) is 30.9 Å². The summed E-state index contributed by atoms with van der Waals surface area (Å²) < 4.78 is 0. The second-order valence-electron chi connectivity index (χ2n) is 5.66. The first-order valence-corrected chi connectivity index (χ1v) is 8.02. The predicted octanol–water partition coefficient (Wildman–Crippen LogP) is 2.65. The van der Waals surface area contributed by atoms with Crippen LogP contribution < -0.4 is 10.6 Å². The van der Waals surface area contributed by atoms with Crippen molar-refractivity contribution < 1.29 is 0 Å². The Bertz CT molecular complexity index is 520. The summed E-state index contributed by atoms with van der Waals surface area (Å²) in [6, 6.07) is 6.53. The molecule has 1 aromatic carbocycles. The maximum Gasteiger partial charge on any atom is 0.106 e. The van der Waals surface area contributed by atoms with E-state index in [2.05, 4.69) is 15.9 Å². The molecular weight excluding hydrogens is 290 g/mol. The van der Waals surface area contributed by atoms with E-state index in [-0.39, 0.29) is 0 Å². The van der Waals surface area contributed by atoms with Gasteiger partial charge in [0.1, 0.15) is 4.99 Å². The van der Waals surface area contributed by atoms with Gasteiger partial charge in [-0.3, -0.25) is 4.90 Å². The van der Waals surface area contributed by atoms with E-state index in [1.807, 2.05) is 12.1 Å². The third-order valence-corrected chi connectivity index (χ3v) is 4.86. The quantitative estimate of drug-likeness (QED) is 0.851. The first-order chi connectivity index (χ1) is 9.65. The van der Waals surface area contributed by atoms with Crippen molar-refractivity contribution in [1.29, 1.82) is 0 Å². The third kappa shape index (κ3) is 2.78. The van der Waals surface area contributed by atoms with E-state index in [1.165, 1.54) is 25.8 Å². The van der Waals surface area contributed by atoms with Crippen LogP contribution in [-0.4, -0.2) is 42.1 Å². The zero-order chi connectivity index (χ0) is 14.1. The summed E-state index contributed by atoms with van der Waals surface area (Å²) in [5, 5.41) is 0.688. The lowest BCUT2D eigenvalue weighted by Crippen LogP contribution is -2.55. The van der Waals surface area contributed by atoms with Crippen molar-refractivity contribution in [3.05, 3.63) is 28.8 Å². The van der Waals surface area contributed by atoms with Crippen LogP contribution in [0.1, 0.15) is 24.8 Å². The number of nitrogens with two attached hydrogens (primary N) is 1.